The molecule has 96 valence electrons. The van der Waals surface area contributed by atoms with Gasteiger partial charge in [-0.1, -0.05) is 38.3 Å². The van der Waals surface area contributed by atoms with E-state index >= 15 is 0 Å². The number of ketones is 1. The van der Waals surface area contributed by atoms with Gasteiger partial charge in [0.2, 0.25) is 0 Å². The van der Waals surface area contributed by atoms with E-state index in [1.54, 1.807) is 0 Å². The maximum atomic E-state index is 12.2. The fourth-order valence-corrected chi connectivity index (χ4v) is 2.43. The summed E-state index contributed by atoms with van der Waals surface area (Å²) in [6.45, 7) is 4.24. The van der Waals surface area contributed by atoms with E-state index in [-0.39, 0.29) is 5.78 Å². The van der Waals surface area contributed by atoms with E-state index in [2.05, 4.69) is 24.9 Å². The molecule has 1 N–H and O–H groups in total. The molecule has 0 aliphatic carbocycles. The predicted octanol–water partition coefficient (Wildman–Crippen LogP) is 4.63. The maximum Gasteiger partial charge on any atom is 0.165 e. The fraction of sp³-hybridized carbons (Fsp3) is 0.438. The second-order valence-electron chi connectivity index (χ2n) is 4.93. The van der Waals surface area contributed by atoms with Gasteiger partial charge in [0, 0.05) is 29.1 Å². The predicted molar refractivity (Wildman–Crippen MR) is 76.1 cm³/mol. The molecule has 0 radical (unpaired) electrons. The topological polar surface area (TPSA) is 32.9 Å². The van der Waals surface area contributed by atoms with Gasteiger partial charge < -0.3 is 4.98 Å². The van der Waals surface area contributed by atoms with Crippen LogP contribution in [-0.4, -0.2) is 10.8 Å². The zero-order valence-electron chi connectivity index (χ0n) is 11.3. The zero-order chi connectivity index (χ0) is 13.0. The molecule has 2 rings (SSSR count). The molecule has 1 heterocycles. The second-order valence-corrected chi connectivity index (χ2v) is 4.93. The average molecular weight is 243 g/mol. The molecular weight excluding hydrogens is 222 g/mol. The van der Waals surface area contributed by atoms with Crippen molar-refractivity contribution in [1.82, 2.24) is 4.98 Å². The minimum absolute atomic E-state index is 0.270. The lowest BCUT2D eigenvalue weighted by atomic mass is 10.0. The molecule has 1 aromatic carbocycles. The summed E-state index contributed by atoms with van der Waals surface area (Å²) in [5.74, 6) is 0.270. The third kappa shape index (κ3) is 2.63. The van der Waals surface area contributed by atoms with Gasteiger partial charge in [-0.2, -0.15) is 0 Å². The summed E-state index contributed by atoms with van der Waals surface area (Å²) in [6, 6.07) is 6.10. The number of hydrogen-bond acceptors (Lipinski definition) is 1. The molecule has 0 bridgehead atoms. The molecule has 18 heavy (non-hydrogen) atoms. The van der Waals surface area contributed by atoms with Gasteiger partial charge in [-0.05, 0) is 25.0 Å². The number of carbonyl (C=O) groups is 1. The van der Waals surface area contributed by atoms with E-state index in [1.807, 2.05) is 18.3 Å². The summed E-state index contributed by atoms with van der Waals surface area (Å²) in [7, 11) is 0. The van der Waals surface area contributed by atoms with E-state index in [1.165, 1.54) is 18.4 Å². The smallest absolute Gasteiger partial charge is 0.165 e. The van der Waals surface area contributed by atoms with Crippen LogP contribution < -0.4 is 0 Å². The Bertz CT molecular complexity index is 539. The first-order valence-electron chi connectivity index (χ1n) is 6.84. The van der Waals surface area contributed by atoms with Crippen LogP contribution in [0.3, 0.4) is 0 Å². The highest BCUT2D eigenvalue weighted by Gasteiger charge is 2.12. The molecular formula is C16H21NO. The van der Waals surface area contributed by atoms with Crippen LogP contribution in [0.1, 0.15) is 54.9 Å². The first-order chi connectivity index (χ1) is 8.74. The monoisotopic (exact) mass is 243 g/mol. The van der Waals surface area contributed by atoms with Crippen LogP contribution in [0.15, 0.2) is 24.4 Å². The molecule has 0 spiro atoms. The quantitative estimate of drug-likeness (QED) is 0.582. The van der Waals surface area contributed by atoms with Crippen molar-refractivity contribution >= 4 is 16.7 Å². The molecule has 0 saturated heterocycles. The number of fused-ring (bicyclic) bond motifs is 1. The van der Waals surface area contributed by atoms with Crippen LogP contribution >= 0.6 is 0 Å². The molecule has 0 amide bonds. The van der Waals surface area contributed by atoms with Crippen LogP contribution in [0.2, 0.25) is 0 Å². The summed E-state index contributed by atoms with van der Waals surface area (Å²) >= 11 is 0. The molecule has 0 saturated carbocycles. The van der Waals surface area contributed by atoms with Crippen LogP contribution in [0, 0.1) is 6.92 Å². The molecule has 2 heteroatoms. The Morgan fingerprint density at radius 3 is 2.83 bits per heavy atom. The van der Waals surface area contributed by atoms with Crippen molar-refractivity contribution in [2.45, 2.75) is 46.0 Å². The zero-order valence-corrected chi connectivity index (χ0v) is 11.3. The molecule has 0 aliphatic rings. The lowest BCUT2D eigenvalue weighted by Crippen LogP contribution is -1.98. The van der Waals surface area contributed by atoms with E-state index in [4.69, 9.17) is 0 Å². The number of aryl methyl sites for hydroxylation is 1. The molecule has 0 atom stereocenters. The molecule has 1 aromatic heterocycles. The summed E-state index contributed by atoms with van der Waals surface area (Å²) in [6.07, 6.45) is 7.12. The van der Waals surface area contributed by atoms with E-state index in [9.17, 15) is 4.79 Å². The third-order valence-corrected chi connectivity index (χ3v) is 3.47. The summed E-state index contributed by atoms with van der Waals surface area (Å²) < 4.78 is 0. The van der Waals surface area contributed by atoms with Gasteiger partial charge in [-0.25, -0.2) is 0 Å². The van der Waals surface area contributed by atoms with Crippen molar-refractivity contribution < 1.29 is 4.79 Å². The fourth-order valence-electron chi connectivity index (χ4n) is 2.43. The van der Waals surface area contributed by atoms with E-state index < -0.39 is 0 Å². The molecule has 0 fully saturated rings. The minimum atomic E-state index is 0.270. The number of rotatable bonds is 6. The molecule has 0 unspecified atom stereocenters. The number of nitrogens with one attached hydrogen (secondary N) is 1. The number of hydrogen-bond donors (Lipinski definition) is 1. The third-order valence-electron chi connectivity index (χ3n) is 3.47. The number of benzene rings is 1. The van der Waals surface area contributed by atoms with Crippen molar-refractivity contribution in [2.24, 2.45) is 0 Å². The second kappa shape index (κ2) is 5.85. The number of Topliss-reactive ketones (excluding diaryl/α,β-unsaturated/α-hetero) is 1. The average Bonchev–Trinajstić information content (AvgIpc) is 2.80. The van der Waals surface area contributed by atoms with Crippen molar-refractivity contribution in [2.75, 3.05) is 0 Å². The van der Waals surface area contributed by atoms with Gasteiger partial charge in [0.25, 0.3) is 0 Å². The van der Waals surface area contributed by atoms with Crippen LogP contribution in [0.4, 0.5) is 0 Å². The first-order valence-corrected chi connectivity index (χ1v) is 6.84. The summed E-state index contributed by atoms with van der Waals surface area (Å²) in [5.41, 5.74) is 3.09. The highest BCUT2D eigenvalue weighted by Crippen LogP contribution is 2.23. The van der Waals surface area contributed by atoms with Gasteiger partial charge in [0.05, 0.1) is 0 Å². The SMILES string of the molecule is CCCCCCC(=O)c1c[nH]c2cccc(C)c12. The summed E-state index contributed by atoms with van der Waals surface area (Å²) in [5, 5.41) is 1.10. The van der Waals surface area contributed by atoms with Gasteiger partial charge in [-0.3, -0.25) is 4.79 Å². The Balaban J connectivity index is 2.13. The Hall–Kier alpha value is -1.57. The number of aromatic nitrogens is 1. The maximum absolute atomic E-state index is 12.2. The van der Waals surface area contributed by atoms with Crippen molar-refractivity contribution in [1.29, 1.82) is 0 Å². The highest BCUT2D eigenvalue weighted by atomic mass is 16.1. The van der Waals surface area contributed by atoms with Crippen molar-refractivity contribution in [3.63, 3.8) is 0 Å². The molecule has 2 nitrogen and oxygen atoms in total. The lowest BCUT2D eigenvalue weighted by molar-refractivity contribution is 0.0980. The van der Waals surface area contributed by atoms with E-state index in [0.717, 1.165) is 29.3 Å². The number of carbonyl (C=O) groups excluding carboxylic acids is 1. The van der Waals surface area contributed by atoms with Crippen LogP contribution in [-0.2, 0) is 0 Å². The summed E-state index contributed by atoms with van der Waals surface area (Å²) in [4.78, 5) is 15.4. The van der Waals surface area contributed by atoms with Crippen LogP contribution in [0.25, 0.3) is 10.9 Å². The Morgan fingerprint density at radius 2 is 2.06 bits per heavy atom. The van der Waals surface area contributed by atoms with Gasteiger partial charge in [0.15, 0.2) is 5.78 Å². The molecule has 0 aliphatic heterocycles. The van der Waals surface area contributed by atoms with Crippen molar-refractivity contribution in [3.8, 4) is 0 Å². The first kappa shape index (κ1) is 12.9. The molecule has 2 aromatic rings. The number of unbranched alkanes of at least 4 members (excludes halogenated alkanes) is 3. The number of aromatic amines is 1. The highest BCUT2D eigenvalue weighted by molar-refractivity contribution is 6.08. The Labute approximate surface area is 108 Å². The van der Waals surface area contributed by atoms with E-state index in [0.29, 0.717) is 6.42 Å². The normalized spacial score (nSPS) is 11.0. The van der Waals surface area contributed by atoms with Gasteiger partial charge >= 0.3 is 0 Å². The van der Waals surface area contributed by atoms with Gasteiger partial charge in [-0.15, -0.1) is 0 Å². The van der Waals surface area contributed by atoms with Gasteiger partial charge in [0.1, 0.15) is 0 Å². The Kier molecular flexibility index (Phi) is 4.19. The minimum Gasteiger partial charge on any atom is -0.360 e. The van der Waals surface area contributed by atoms with Crippen LogP contribution in [0.5, 0.6) is 0 Å². The van der Waals surface area contributed by atoms with Crippen molar-refractivity contribution in [3.05, 3.63) is 35.5 Å². The largest absolute Gasteiger partial charge is 0.360 e. The lowest BCUT2D eigenvalue weighted by Gasteiger charge is -2.02. The Morgan fingerprint density at radius 1 is 1.22 bits per heavy atom. The number of H-pyrrole nitrogens is 1. The standard InChI is InChI=1S/C16H21NO/c1-3-4-5-6-10-15(18)13-11-17-14-9-7-8-12(2)16(13)14/h7-9,11,17H,3-6,10H2,1-2H3.